The van der Waals surface area contributed by atoms with Crippen molar-refractivity contribution in [3.05, 3.63) is 11.6 Å². The summed E-state index contributed by atoms with van der Waals surface area (Å²) in [6, 6.07) is 0. The molecule has 1 saturated carbocycles. The van der Waals surface area contributed by atoms with Crippen LogP contribution in [0.3, 0.4) is 0 Å². The van der Waals surface area contributed by atoms with Crippen LogP contribution in [-0.2, 0) is 9.53 Å². The van der Waals surface area contributed by atoms with Gasteiger partial charge in [0.1, 0.15) is 0 Å². The molecule has 1 heterocycles. The van der Waals surface area contributed by atoms with E-state index in [2.05, 4.69) is 0 Å². The quantitative estimate of drug-likeness (QED) is 0.803. The molecule has 1 spiro atoms. The smallest absolute Gasteiger partial charge is 0.249 e. The zero-order valence-corrected chi connectivity index (χ0v) is 12.9. The van der Waals surface area contributed by atoms with Crippen LogP contribution in [-0.4, -0.2) is 47.8 Å². The summed E-state index contributed by atoms with van der Waals surface area (Å²) in [5, 5.41) is 10.2. The number of hydrogen-bond acceptors (Lipinski definition) is 3. The lowest BCUT2D eigenvalue weighted by atomic mass is 9.58. The molecule has 2 atom stereocenters. The summed E-state index contributed by atoms with van der Waals surface area (Å²) in [4.78, 5) is 14.3. The predicted molar refractivity (Wildman–Crippen MR) is 78.3 cm³/mol. The van der Waals surface area contributed by atoms with Gasteiger partial charge in [0.25, 0.3) is 0 Å². The third-order valence-electron chi connectivity index (χ3n) is 5.10. The van der Waals surface area contributed by atoms with E-state index in [1.54, 1.807) is 0 Å². The Hall–Kier alpha value is -0.870. The molecule has 20 heavy (non-hydrogen) atoms. The highest BCUT2D eigenvalue weighted by Gasteiger charge is 2.56. The highest BCUT2D eigenvalue weighted by Crippen LogP contribution is 2.51. The predicted octanol–water partition coefficient (Wildman–Crippen LogP) is 2.12. The van der Waals surface area contributed by atoms with E-state index in [0.717, 1.165) is 44.3 Å². The van der Waals surface area contributed by atoms with Crippen molar-refractivity contribution in [3.63, 3.8) is 0 Å². The first kappa shape index (κ1) is 15.5. The van der Waals surface area contributed by atoms with Crippen LogP contribution < -0.4 is 0 Å². The number of hydrogen-bond donors (Lipinski definition) is 1. The lowest BCUT2D eigenvalue weighted by Gasteiger charge is -2.56. The zero-order chi connectivity index (χ0) is 14.8. The Morgan fingerprint density at radius 3 is 2.50 bits per heavy atom. The Labute approximate surface area is 121 Å². The summed E-state index contributed by atoms with van der Waals surface area (Å²) in [7, 11) is 0. The Morgan fingerprint density at radius 1 is 1.40 bits per heavy atom. The molecule has 0 bridgehead atoms. The van der Waals surface area contributed by atoms with Gasteiger partial charge in [-0.25, -0.2) is 0 Å². The van der Waals surface area contributed by atoms with Crippen molar-refractivity contribution in [2.45, 2.75) is 58.7 Å². The van der Waals surface area contributed by atoms with Crippen LogP contribution in [0.25, 0.3) is 0 Å². The van der Waals surface area contributed by atoms with Crippen LogP contribution in [0.4, 0.5) is 0 Å². The highest BCUT2D eigenvalue weighted by molar-refractivity contribution is 5.93. The molecule has 2 aliphatic rings. The minimum absolute atomic E-state index is 0.102. The number of aliphatic hydroxyl groups is 1. The molecule has 0 aromatic rings. The van der Waals surface area contributed by atoms with E-state index in [0.29, 0.717) is 6.61 Å². The van der Waals surface area contributed by atoms with Gasteiger partial charge in [-0.05, 0) is 33.1 Å². The van der Waals surface area contributed by atoms with E-state index in [1.165, 1.54) is 0 Å². The number of amides is 1. The van der Waals surface area contributed by atoms with Gasteiger partial charge in [-0.2, -0.15) is 0 Å². The average Bonchev–Trinajstić information content (AvgIpc) is 2.48. The fourth-order valence-corrected chi connectivity index (χ4v) is 3.62. The van der Waals surface area contributed by atoms with Crippen molar-refractivity contribution in [2.24, 2.45) is 5.41 Å². The van der Waals surface area contributed by atoms with E-state index >= 15 is 0 Å². The molecule has 0 radical (unpaired) electrons. The number of carbonyl (C=O) groups excluding carboxylic acids is 1. The van der Waals surface area contributed by atoms with Crippen molar-refractivity contribution in [3.8, 4) is 0 Å². The largest absolute Gasteiger partial charge is 0.392 e. The fraction of sp³-hybridized carbons (Fsp3) is 0.812. The maximum absolute atomic E-state index is 12.3. The Morgan fingerprint density at radius 2 is 2.05 bits per heavy atom. The van der Waals surface area contributed by atoms with E-state index in [-0.39, 0.29) is 23.5 Å². The second kappa shape index (κ2) is 6.27. The number of carbonyl (C=O) groups is 1. The monoisotopic (exact) mass is 281 g/mol. The maximum Gasteiger partial charge on any atom is 0.249 e. The molecule has 1 N–H and O–H groups in total. The molecule has 2 rings (SSSR count). The summed E-state index contributed by atoms with van der Waals surface area (Å²) in [5.41, 5.74) is 0.784. The molecule has 0 unspecified atom stereocenters. The average molecular weight is 281 g/mol. The van der Waals surface area contributed by atoms with E-state index in [1.807, 2.05) is 31.7 Å². The van der Waals surface area contributed by atoms with Gasteiger partial charge in [-0.15, -0.1) is 0 Å². The van der Waals surface area contributed by atoms with E-state index in [9.17, 15) is 9.90 Å². The number of likely N-dealkylation sites (tertiary alicyclic amines) is 1. The molecule has 0 aromatic carbocycles. The van der Waals surface area contributed by atoms with Gasteiger partial charge in [0, 0.05) is 37.1 Å². The number of aliphatic hydroxyl groups excluding tert-OH is 1. The molecular formula is C16H27NO3. The first-order valence-electron chi connectivity index (χ1n) is 7.83. The van der Waals surface area contributed by atoms with Crippen molar-refractivity contribution in [2.75, 3.05) is 19.7 Å². The normalized spacial score (nSPS) is 29.4. The number of rotatable bonds is 4. The van der Waals surface area contributed by atoms with Gasteiger partial charge in [0.2, 0.25) is 5.91 Å². The zero-order valence-electron chi connectivity index (χ0n) is 12.9. The molecule has 4 heteroatoms. The number of nitrogens with zero attached hydrogens (tertiary/aromatic N) is 1. The Balaban J connectivity index is 1.97. The van der Waals surface area contributed by atoms with Crippen LogP contribution in [0.15, 0.2) is 11.6 Å². The summed E-state index contributed by atoms with van der Waals surface area (Å²) < 4.78 is 5.75. The third kappa shape index (κ3) is 2.51. The van der Waals surface area contributed by atoms with Gasteiger partial charge < -0.3 is 14.7 Å². The third-order valence-corrected chi connectivity index (χ3v) is 5.10. The number of ether oxygens (including phenoxy) is 1. The number of allylic oxidation sites excluding steroid dienone is 1. The molecule has 114 valence electrons. The van der Waals surface area contributed by atoms with Crippen LogP contribution in [0.1, 0.15) is 46.5 Å². The molecule has 1 aliphatic carbocycles. The molecule has 1 saturated heterocycles. The summed E-state index contributed by atoms with van der Waals surface area (Å²) in [6.07, 6.45) is 5.05. The van der Waals surface area contributed by atoms with Crippen molar-refractivity contribution >= 4 is 5.91 Å². The highest BCUT2D eigenvalue weighted by atomic mass is 16.5. The maximum atomic E-state index is 12.3. The standard InChI is InChI=1S/C16H27NO3/c1-4-12(5-2)15(19)17-9-7-16(8-10-17)13(18)11-14(16)20-6-3/h4,13-14,18H,5-11H2,1-3H3/b12-4-/t13-,14+/m1/s1. The lowest BCUT2D eigenvalue weighted by molar-refractivity contribution is -0.209. The molecular weight excluding hydrogens is 254 g/mol. The van der Waals surface area contributed by atoms with Crippen LogP contribution in [0.2, 0.25) is 0 Å². The fourth-order valence-electron chi connectivity index (χ4n) is 3.62. The van der Waals surface area contributed by atoms with Gasteiger partial charge in [-0.3, -0.25) is 4.79 Å². The van der Waals surface area contributed by atoms with Crippen LogP contribution in [0.5, 0.6) is 0 Å². The van der Waals surface area contributed by atoms with E-state index in [4.69, 9.17) is 4.74 Å². The van der Waals surface area contributed by atoms with Crippen molar-refractivity contribution in [1.82, 2.24) is 4.90 Å². The molecule has 2 fully saturated rings. The van der Waals surface area contributed by atoms with E-state index < -0.39 is 0 Å². The van der Waals surface area contributed by atoms with Gasteiger partial charge in [0.05, 0.1) is 12.2 Å². The molecule has 0 aromatic heterocycles. The summed E-state index contributed by atoms with van der Waals surface area (Å²) in [6.45, 7) is 8.09. The van der Waals surface area contributed by atoms with Crippen molar-refractivity contribution < 1.29 is 14.6 Å². The van der Waals surface area contributed by atoms with Crippen molar-refractivity contribution in [1.29, 1.82) is 0 Å². The number of piperidine rings is 1. The van der Waals surface area contributed by atoms with Crippen LogP contribution in [0, 0.1) is 5.41 Å². The van der Waals surface area contributed by atoms with Crippen LogP contribution >= 0.6 is 0 Å². The first-order chi connectivity index (χ1) is 9.58. The minimum Gasteiger partial charge on any atom is -0.392 e. The second-order valence-corrected chi connectivity index (χ2v) is 5.89. The summed E-state index contributed by atoms with van der Waals surface area (Å²) in [5.74, 6) is 0.159. The topological polar surface area (TPSA) is 49.8 Å². The Bertz CT molecular complexity index is 381. The Kier molecular flexibility index (Phi) is 4.86. The second-order valence-electron chi connectivity index (χ2n) is 5.89. The summed E-state index contributed by atoms with van der Waals surface area (Å²) >= 11 is 0. The van der Waals surface area contributed by atoms with Gasteiger partial charge in [-0.1, -0.05) is 13.0 Å². The minimum atomic E-state index is -0.260. The molecule has 1 amide bonds. The molecule has 1 aliphatic heterocycles. The first-order valence-corrected chi connectivity index (χ1v) is 7.83. The lowest BCUT2D eigenvalue weighted by Crippen LogP contribution is -2.62. The SMILES string of the molecule is C/C=C(/CC)C(=O)N1CCC2(CC1)[C@H](O)C[C@@H]2OCC. The molecule has 4 nitrogen and oxygen atoms in total. The van der Waals surface area contributed by atoms with Gasteiger partial charge >= 0.3 is 0 Å². The van der Waals surface area contributed by atoms with Gasteiger partial charge in [0.15, 0.2) is 0 Å².